The predicted molar refractivity (Wildman–Crippen MR) is 51.8 cm³/mol. The predicted octanol–water partition coefficient (Wildman–Crippen LogP) is 1.45. The number of alkyl halides is 1. The van der Waals surface area contributed by atoms with Crippen molar-refractivity contribution in [3.63, 3.8) is 0 Å². The van der Waals surface area contributed by atoms with Gasteiger partial charge in [0.1, 0.15) is 13.0 Å². The maximum atomic E-state index is 12.1. The SMILES string of the molecule is O=C(O)C1=C(C(=O)N/C(=C\F)CF)CCC1. The van der Waals surface area contributed by atoms with Gasteiger partial charge in [-0.25, -0.2) is 13.6 Å². The molecule has 0 bridgehead atoms. The average molecular weight is 231 g/mol. The molecular weight excluding hydrogens is 220 g/mol. The molecule has 0 atom stereocenters. The fraction of sp³-hybridized carbons (Fsp3) is 0.400. The Morgan fingerprint density at radius 1 is 1.38 bits per heavy atom. The van der Waals surface area contributed by atoms with Crippen LogP contribution in [0.4, 0.5) is 8.78 Å². The Hall–Kier alpha value is -1.72. The van der Waals surface area contributed by atoms with E-state index in [9.17, 15) is 18.4 Å². The number of nitrogens with one attached hydrogen (secondary N) is 1. The summed E-state index contributed by atoms with van der Waals surface area (Å²) in [6, 6.07) is 0. The van der Waals surface area contributed by atoms with Crippen LogP contribution in [0.2, 0.25) is 0 Å². The molecule has 0 unspecified atom stereocenters. The molecule has 1 amide bonds. The van der Waals surface area contributed by atoms with Gasteiger partial charge in [0.25, 0.3) is 5.91 Å². The third-order valence-corrected chi connectivity index (χ3v) is 2.30. The van der Waals surface area contributed by atoms with E-state index >= 15 is 0 Å². The lowest BCUT2D eigenvalue weighted by molar-refractivity contribution is -0.133. The molecule has 0 aromatic heterocycles. The number of carbonyl (C=O) groups is 2. The molecule has 16 heavy (non-hydrogen) atoms. The van der Waals surface area contributed by atoms with Gasteiger partial charge in [0, 0.05) is 11.1 Å². The summed E-state index contributed by atoms with van der Waals surface area (Å²) in [6.45, 7) is -1.14. The molecular formula is C10H11F2NO3. The van der Waals surface area contributed by atoms with Gasteiger partial charge in [-0.1, -0.05) is 0 Å². The van der Waals surface area contributed by atoms with Crippen LogP contribution in [0.15, 0.2) is 23.2 Å². The summed E-state index contributed by atoms with van der Waals surface area (Å²) in [5.74, 6) is -1.90. The van der Waals surface area contributed by atoms with Crippen LogP contribution in [0, 0.1) is 0 Å². The second kappa shape index (κ2) is 5.39. The third kappa shape index (κ3) is 2.65. The Kier molecular flexibility index (Phi) is 4.16. The van der Waals surface area contributed by atoms with E-state index in [1.54, 1.807) is 0 Å². The van der Waals surface area contributed by atoms with E-state index in [1.807, 2.05) is 5.32 Å². The second-order valence-electron chi connectivity index (χ2n) is 3.34. The van der Waals surface area contributed by atoms with Crippen molar-refractivity contribution in [2.75, 3.05) is 6.67 Å². The van der Waals surface area contributed by atoms with E-state index in [-0.39, 0.29) is 17.5 Å². The fourth-order valence-corrected chi connectivity index (χ4v) is 1.54. The van der Waals surface area contributed by atoms with Crippen LogP contribution in [-0.2, 0) is 9.59 Å². The van der Waals surface area contributed by atoms with Gasteiger partial charge in [0.15, 0.2) is 0 Å². The minimum absolute atomic E-state index is 0.0227. The summed E-state index contributed by atoms with van der Waals surface area (Å²) in [6.07, 6.45) is 1.14. The summed E-state index contributed by atoms with van der Waals surface area (Å²) >= 11 is 0. The molecule has 6 heteroatoms. The molecule has 0 aromatic rings. The Balaban J connectivity index is 2.81. The number of allylic oxidation sites excluding steroid dienone is 1. The molecule has 0 spiro atoms. The Morgan fingerprint density at radius 2 is 2.00 bits per heavy atom. The molecule has 1 aliphatic carbocycles. The highest BCUT2D eigenvalue weighted by Gasteiger charge is 2.25. The smallest absolute Gasteiger partial charge is 0.332 e. The van der Waals surface area contributed by atoms with Crippen molar-refractivity contribution in [2.45, 2.75) is 19.3 Å². The van der Waals surface area contributed by atoms with E-state index in [0.717, 1.165) is 0 Å². The average Bonchev–Trinajstić information content (AvgIpc) is 2.74. The summed E-state index contributed by atoms with van der Waals surface area (Å²) in [4.78, 5) is 22.2. The van der Waals surface area contributed by atoms with E-state index in [4.69, 9.17) is 5.11 Å². The van der Waals surface area contributed by atoms with Crippen LogP contribution in [0.1, 0.15) is 19.3 Å². The number of halogens is 2. The molecule has 0 fully saturated rings. The maximum absolute atomic E-state index is 12.1. The number of hydrogen-bond acceptors (Lipinski definition) is 2. The van der Waals surface area contributed by atoms with Crippen molar-refractivity contribution in [1.82, 2.24) is 5.32 Å². The van der Waals surface area contributed by atoms with Crippen molar-refractivity contribution >= 4 is 11.9 Å². The molecule has 0 saturated carbocycles. The number of amides is 1. The number of carboxylic acids is 1. The van der Waals surface area contributed by atoms with Crippen LogP contribution in [0.3, 0.4) is 0 Å². The fourth-order valence-electron chi connectivity index (χ4n) is 1.54. The first-order valence-electron chi connectivity index (χ1n) is 4.72. The van der Waals surface area contributed by atoms with Crippen molar-refractivity contribution < 1.29 is 23.5 Å². The molecule has 0 radical (unpaired) electrons. The Morgan fingerprint density at radius 3 is 2.50 bits per heavy atom. The topological polar surface area (TPSA) is 66.4 Å². The van der Waals surface area contributed by atoms with Crippen LogP contribution in [-0.4, -0.2) is 23.7 Å². The quantitative estimate of drug-likeness (QED) is 0.769. The molecule has 1 aliphatic rings. The van der Waals surface area contributed by atoms with Gasteiger partial charge in [0.05, 0.1) is 5.70 Å². The standard InChI is InChI=1S/C10H11F2NO3/c11-4-6(5-12)13-9(14)7-2-1-3-8(7)10(15)16/h4H,1-3,5H2,(H,13,14)(H,15,16)/b6-4-. The van der Waals surface area contributed by atoms with Crippen LogP contribution < -0.4 is 5.32 Å². The summed E-state index contributed by atoms with van der Waals surface area (Å²) in [7, 11) is 0. The Bertz CT molecular complexity index is 374. The molecule has 0 aliphatic heterocycles. The van der Waals surface area contributed by atoms with Crippen molar-refractivity contribution in [3.05, 3.63) is 23.2 Å². The van der Waals surface area contributed by atoms with Gasteiger partial charge >= 0.3 is 5.97 Å². The van der Waals surface area contributed by atoms with Crippen molar-refractivity contribution in [2.24, 2.45) is 0 Å². The first-order chi connectivity index (χ1) is 7.60. The zero-order valence-corrected chi connectivity index (χ0v) is 8.43. The zero-order valence-electron chi connectivity index (χ0n) is 8.43. The van der Waals surface area contributed by atoms with E-state index in [0.29, 0.717) is 19.3 Å². The number of hydrogen-bond donors (Lipinski definition) is 2. The number of aliphatic carboxylic acids is 1. The molecule has 0 aromatic carbocycles. The van der Waals surface area contributed by atoms with Gasteiger partial charge in [-0.2, -0.15) is 0 Å². The first-order valence-corrected chi connectivity index (χ1v) is 4.72. The summed E-state index contributed by atoms with van der Waals surface area (Å²) in [5.41, 5.74) is -0.385. The molecule has 88 valence electrons. The number of carboxylic acid groups (broad SMARTS) is 1. The lowest BCUT2D eigenvalue weighted by Crippen LogP contribution is -2.26. The van der Waals surface area contributed by atoms with E-state index in [2.05, 4.69) is 0 Å². The van der Waals surface area contributed by atoms with Crippen molar-refractivity contribution in [3.8, 4) is 0 Å². The van der Waals surface area contributed by atoms with E-state index in [1.165, 1.54) is 0 Å². The Labute approximate surface area is 90.6 Å². The van der Waals surface area contributed by atoms with E-state index < -0.39 is 24.2 Å². The number of carbonyl (C=O) groups excluding carboxylic acids is 1. The van der Waals surface area contributed by atoms with Gasteiger partial charge in [-0.3, -0.25) is 4.79 Å². The minimum Gasteiger partial charge on any atom is -0.478 e. The minimum atomic E-state index is -1.16. The third-order valence-electron chi connectivity index (χ3n) is 2.30. The van der Waals surface area contributed by atoms with Crippen LogP contribution in [0.5, 0.6) is 0 Å². The molecule has 0 heterocycles. The molecule has 0 saturated heterocycles. The normalized spacial score (nSPS) is 16.5. The highest BCUT2D eigenvalue weighted by atomic mass is 19.1. The highest BCUT2D eigenvalue weighted by Crippen LogP contribution is 2.26. The van der Waals surface area contributed by atoms with Gasteiger partial charge in [-0.05, 0) is 19.3 Å². The molecule has 4 nitrogen and oxygen atoms in total. The zero-order chi connectivity index (χ0) is 12.1. The maximum Gasteiger partial charge on any atom is 0.332 e. The van der Waals surface area contributed by atoms with Crippen molar-refractivity contribution in [1.29, 1.82) is 0 Å². The second-order valence-corrected chi connectivity index (χ2v) is 3.34. The largest absolute Gasteiger partial charge is 0.478 e. The monoisotopic (exact) mass is 231 g/mol. The van der Waals surface area contributed by atoms with Crippen LogP contribution >= 0.6 is 0 Å². The first kappa shape index (κ1) is 12.4. The van der Waals surface area contributed by atoms with Gasteiger partial charge < -0.3 is 10.4 Å². The molecule has 1 rings (SSSR count). The highest BCUT2D eigenvalue weighted by molar-refractivity contribution is 6.03. The summed E-state index contributed by atoms with van der Waals surface area (Å²) < 4.78 is 24.1. The number of rotatable bonds is 4. The summed E-state index contributed by atoms with van der Waals surface area (Å²) in [5, 5.41) is 10.8. The van der Waals surface area contributed by atoms with Crippen LogP contribution in [0.25, 0.3) is 0 Å². The molecule has 2 N–H and O–H groups in total. The lowest BCUT2D eigenvalue weighted by atomic mass is 10.1. The van der Waals surface area contributed by atoms with Gasteiger partial charge in [-0.15, -0.1) is 0 Å². The lowest BCUT2D eigenvalue weighted by Gasteiger charge is -2.06. The van der Waals surface area contributed by atoms with Gasteiger partial charge in [0.2, 0.25) is 0 Å².